The fourth-order valence-corrected chi connectivity index (χ4v) is 8.16. The fraction of sp³-hybridized carbons (Fsp3) is 1.00. The summed E-state index contributed by atoms with van der Waals surface area (Å²) in [5.74, 6) is 0. The van der Waals surface area contributed by atoms with Gasteiger partial charge in [0, 0.05) is 5.38 Å². The Kier molecular flexibility index (Phi) is 41.4. The average Bonchev–Trinajstić information content (AvgIpc) is 3.01. The molecule has 0 aliphatic rings. The van der Waals surface area contributed by atoms with Gasteiger partial charge in [-0.3, -0.25) is 0 Å². The molecule has 0 spiro atoms. The number of hydrogen-bond acceptors (Lipinski definition) is 0. The van der Waals surface area contributed by atoms with Crippen molar-refractivity contribution in [2.45, 2.75) is 250 Å². The van der Waals surface area contributed by atoms with E-state index in [9.17, 15) is 0 Å². The van der Waals surface area contributed by atoms with Crippen LogP contribution in [0.2, 0.25) is 0 Å². The Morgan fingerprint density at radius 2 is 0.512 bits per heavy atom. The molecule has 0 heterocycles. The molecule has 0 saturated heterocycles. The van der Waals surface area contributed by atoms with Gasteiger partial charge in [-0.25, -0.2) is 0 Å². The molecule has 0 saturated carbocycles. The van der Waals surface area contributed by atoms with Gasteiger partial charge in [-0.15, -0.1) is 20.2 Å². The third-order valence-corrected chi connectivity index (χ3v) is 11.5. The normalized spacial score (nSPS) is 12.6. The predicted octanol–water partition coefficient (Wildman–Crippen LogP) is 16.4. The van der Waals surface area contributed by atoms with Crippen LogP contribution in [0.4, 0.5) is 0 Å². The van der Waals surface area contributed by atoms with Crippen molar-refractivity contribution in [1.29, 1.82) is 0 Å². The van der Waals surface area contributed by atoms with E-state index in [0.29, 0.717) is 5.38 Å². The van der Waals surface area contributed by atoms with Gasteiger partial charge in [0.15, 0.2) is 0 Å². The molecule has 2 unspecified atom stereocenters. The van der Waals surface area contributed by atoms with Crippen molar-refractivity contribution < 1.29 is 0 Å². The zero-order chi connectivity index (χ0) is 31.2. The standard InChI is InChI=1S/C41H84ClP/c1-3-5-7-9-10-11-12-13-14-15-16-17-18-21-24-27-31-35-39-43-40-36-32-28-25-22-19-20-23-26-30-34-38-41(42)37-33-29-8-6-4-2/h41,43H,3-40H2,1-2H3. The highest BCUT2D eigenvalue weighted by atomic mass is 35.5. The fourth-order valence-electron chi connectivity index (χ4n) is 6.60. The van der Waals surface area contributed by atoms with E-state index < -0.39 is 0 Å². The van der Waals surface area contributed by atoms with Gasteiger partial charge < -0.3 is 0 Å². The molecule has 0 aliphatic carbocycles. The summed E-state index contributed by atoms with van der Waals surface area (Å²) in [5.41, 5.74) is 0. The van der Waals surface area contributed by atoms with E-state index in [1.54, 1.807) is 0 Å². The van der Waals surface area contributed by atoms with E-state index in [4.69, 9.17) is 11.6 Å². The number of alkyl halides is 1. The monoisotopic (exact) mass is 643 g/mol. The quantitative estimate of drug-likeness (QED) is 0.0355. The molecule has 0 N–H and O–H groups in total. The minimum Gasteiger partial charge on any atom is -0.123 e. The lowest BCUT2D eigenvalue weighted by molar-refractivity contribution is 0.526. The first kappa shape index (κ1) is 43.7. The summed E-state index contributed by atoms with van der Waals surface area (Å²) < 4.78 is 0. The van der Waals surface area contributed by atoms with Crippen LogP contribution in [0.1, 0.15) is 245 Å². The van der Waals surface area contributed by atoms with Crippen LogP contribution in [0.3, 0.4) is 0 Å². The molecule has 0 aromatic carbocycles. The van der Waals surface area contributed by atoms with Gasteiger partial charge >= 0.3 is 0 Å². The van der Waals surface area contributed by atoms with E-state index in [0.717, 1.165) is 0 Å². The largest absolute Gasteiger partial charge is 0.123 e. The minimum atomic E-state index is 0.440. The number of rotatable bonds is 39. The van der Waals surface area contributed by atoms with Gasteiger partial charge in [0.2, 0.25) is 0 Å². The topological polar surface area (TPSA) is 0 Å². The van der Waals surface area contributed by atoms with E-state index in [1.807, 2.05) is 0 Å². The number of unbranched alkanes of at least 4 members (excludes halogenated alkanes) is 31. The van der Waals surface area contributed by atoms with Crippen molar-refractivity contribution in [3.63, 3.8) is 0 Å². The van der Waals surface area contributed by atoms with Gasteiger partial charge in [0.1, 0.15) is 0 Å². The summed E-state index contributed by atoms with van der Waals surface area (Å²) in [7, 11) is 1.24. The van der Waals surface area contributed by atoms with Crippen LogP contribution >= 0.6 is 20.2 Å². The average molecular weight is 644 g/mol. The zero-order valence-electron chi connectivity index (χ0n) is 30.3. The Labute approximate surface area is 282 Å². The van der Waals surface area contributed by atoms with Crippen LogP contribution in [0, 0.1) is 0 Å². The minimum absolute atomic E-state index is 0.440. The SMILES string of the molecule is CCCCCCCCCCCCCCCCCCCCPCCCCCCCCCCCCCC(Cl)CCCCCCC. The Bertz CT molecular complexity index is 467. The lowest BCUT2D eigenvalue weighted by atomic mass is 10.0. The molecule has 0 fully saturated rings. The summed E-state index contributed by atoms with van der Waals surface area (Å²) in [4.78, 5) is 0. The molecule has 0 aliphatic heterocycles. The van der Waals surface area contributed by atoms with E-state index >= 15 is 0 Å². The molecule has 0 aromatic heterocycles. The molecule has 0 rings (SSSR count). The van der Waals surface area contributed by atoms with Crippen molar-refractivity contribution >= 4 is 20.2 Å². The van der Waals surface area contributed by atoms with Gasteiger partial charge in [-0.2, -0.15) is 0 Å². The summed E-state index contributed by atoms with van der Waals surface area (Å²) >= 11 is 6.52. The van der Waals surface area contributed by atoms with Gasteiger partial charge in [0.05, 0.1) is 0 Å². The predicted molar refractivity (Wildman–Crippen MR) is 205 cm³/mol. The molecular weight excluding hydrogens is 559 g/mol. The lowest BCUT2D eigenvalue weighted by Crippen LogP contribution is -1.98. The van der Waals surface area contributed by atoms with Crippen molar-refractivity contribution in [3.8, 4) is 0 Å². The number of hydrogen-bond donors (Lipinski definition) is 0. The second-order valence-corrected chi connectivity index (χ2v) is 16.4. The van der Waals surface area contributed by atoms with Crippen LogP contribution in [0.15, 0.2) is 0 Å². The molecule has 0 nitrogen and oxygen atoms in total. The molecule has 2 atom stereocenters. The van der Waals surface area contributed by atoms with Crippen LogP contribution in [0.25, 0.3) is 0 Å². The Morgan fingerprint density at radius 3 is 0.767 bits per heavy atom. The molecule has 0 bridgehead atoms. The van der Waals surface area contributed by atoms with Crippen LogP contribution < -0.4 is 0 Å². The first-order valence-corrected chi connectivity index (χ1v) is 22.5. The van der Waals surface area contributed by atoms with E-state index in [1.165, 1.54) is 252 Å². The van der Waals surface area contributed by atoms with Crippen LogP contribution in [-0.2, 0) is 0 Å². The molecule has 0 amide bonds. The van der Waals surface area contributed by atoms with Crippen molar-refractivity contribution in [2.24, 2.45) is 0 Å². The highest BCUT2D eigenvalue weighted by Gasteiger charge is 2.04. The van der Waals surface area contributed by atoms with Crippen LogP contribution in [0.5, 0.6) is 0 Å². The molecule has 2 heteroatoms. The van der Waals surface area contributed by atoms with E-state index in [-0.39, 0.29) is 0 Å². The Hall–Kier alpha value is 0.720. The maximum atomic E-state index is 6.52. The summed E-state index contributed by atoms with van der Waals surface area (Å²) in [6.45, 7) is 4.60. The van der Waals surface area contributed by atoms with Gasteiger partial charge in [-0.1, -0.05) is 219 Å². The number of halogens is 1. The van der Waals surface area contributed by atoms with Crippen molar-refractivity contribution in [2.75, 3.05) is 12.3 Å². The molecule has 260 valence electrons. The maximum Gasteiger partial charge on any atom is 0.0336 e. The highest BCUT2D eigenvalue weighted by Crippen LogP contribution is 2.20. The van der Waals surface area contributed by atoms with E-state index in [2.05, 4.69) is 13.8 Å². The summed E-state index contributed by atoms with van der Waals surface area (Å²) in [6, 6.07) is 0. The van der Waals surface area contributed by atoms with Crippen molar-refractivity contribution in [1.82, 2.24) is 0 Å². The molecule has 0 aromatic rings. The van der Waals surface area contributed by atoms with Gasteiger partial charge in [-0.05, 0) is 38.0 Å². The van der Waals surface area contributed by atoms with Gasteiger partial charge in [0.25, 0.3) is 0 Å². The zero-order valence-corrected chi connectivity index (χ0v) is 32.1. The first-order chi connectivity index (χ1) is 21.3. The molecular formula is C41H84ClP. The third-order valence-electron chi connectivity index (χ3n) is 9.70. The second kappa shape index (κ2) is 40.7. The maximum absolute atomic E-state index is 6.52. The van der Waals surface area contributed by atoms with Crippen molar-refractivity contribution in [3.05, 3.63) is 0 Å². The molecule has 43 heavy (non-hydrogen) atoms. The van der Waals surface area contributed by atoms with Crippen LogP contribution in [-0.4, -0.2) is 17.7 Å². The third kappa shape index (κ3) is 40.7. The second-order valence-electron chi connectivity index (χ2n) is 14.2. The summed E-state index contributed by atoms with van der Waals surface area (Å²) in [5, 5.41) is 0.440. The smallest absolute Gasteiger partial charge is 0.0336 e. The highest BCUT2D eigenvalue weighted by molar-refractivity contribution is 7.37. The Balaban J connectivity index is 3.08. The Morgan fingerprint density at radius 1 is 0.302 bits per heavy atom. The summed E-state index contributed by atoms with van der Waals surface area (Å²) in [6.07, 6.45) is 55.0. The first-order valence-electron chi connectivity index (χ1n) is 20.7. The lowest BCUT2D eigenvalue weighted by Gasteiger charge is -2.09. The molecule has 0 radical (unpaired) electrons.